The maximum absolute atomic E-state index is 13.5. The van der Waals surface area contributed by atoms with Gasteiger partial charge in [-0.15, -0.1) is 0 Å². The van der Waals surface area contributed by atoms with Crippen molar-refractivity contribution in [1.29, 1.82) is 0 Å². The topological polar surface area (TPSA) is 109 Å². The van der Waals surface area contributed by atoms with Gasteiger partial charge in [0.2, 0.25) is 5.95 Å². The summed E-state index contributed by atoms with van der Waals surface area (Å²) in [4.78, 5) is 45.5. The van der Waals surface area contributed by atoms with Crippen LogP contribution in [0.2, 0.25) is 0 Å². The number of H-pyrrole nitrogens is 1. The zero-order chi connectivity index (χ0) is 23.9. The third-order valence-electron chi connectivity index (χ3n) is 5.38. The smallest absolute Gasteiger partial charge is 0.299 e. The van der Waals surface area contributed by atoms with Crippen LogP contribution >= 0.6 is 0 Å². The van der Waals surface area contributed by atoms with Crippen LogP contribution in [-0.4, -0.2) is 32.1 Å². The summed E-state index contributed by atoms with van der Waals surface area (Å²) in [7, 11) is 1.57. The summed E-state index contributed by atoms with van der Waals surface area (Å²) in [6, 6.07) is 10.1. The number of carbonyl (C=O) groups excluding carboxylic acids is 3. The van der Waals surface area contributed by atoms with E-state index in [-0.39, 0.29) is 28.5 Å². The van der Waals surface area contributed by atoms with Crippen molar-refractivity contribution >= 4 is 40.3 Å². The molecule has 0 atom stereocenters. The molecule has 4 aromatic rings. The average molecular weight is 451 g/mol. The van der Waals surface area contributed by atoms with Crippen molar-refractivity contribution in [3.8, 4) is 0 Å². The second-order valence-electron chi connectivity index (χ2n) is 7.46. The molecule has 0 saturated heterocycles. The third kappa shape index (κ3) is 3.98. The number of para-hydroxylation sites is 2. The zero-order valence-electron chi connectivity index (χ0n) is 17.9. The minimum atomic E-state index is -1.11. The van der Waals surface area contributed by atoms with Crippen molar-refractivity contribution in [2.75, 3.05) is 10.6 Å². The van der Waals surface area contributed by atoms with E-state index in [2.05, 4.69) is 20.6 Å². The van der Waals surface area contributed by atoms with Crippen LogP contribution in [0.15, 0.2) is 42.5 Å². The van der Waals surface area contributed by atoms with Crippen LogP contribution in [0, 0.1) is 25.5 Å². The molecule has 2 aromatic carbocycles. The van der Waals surface area contributed by atoms with E-state index in [1.165, 1.54) is 17.6 Å². The predicted octanol–water partition coefficient (Wildman–Crippen LogP) is 3.87. The lowest BCUT2D eigenvalue weighted by atomic mass is 10.0. The average Bonchev–Trinajstić information content (AvgIpc) is 3.27. The molecule has 10 heteroatoms. The SMILES string of the molecule is Cc1c(C(=O)C(=O)Nc2nc3ccccc3[nH]2)c(C)n(C)c1C(=O)Nc1ccc(F)c(F)c1. The fourth-order valence-electron chi connectivity index (χ4n) is 3.69. The molecule has 8 nitrogen and oxygen atoms in total. The lowest BCUT2D eigenvalue weighted by Crippen LogP contribution is -2.24. The van der Waals surface area contributed by atoms with Gasteiger partial charge in [-0.1, -0.05) is 12.1 Å². The minimum absolute atomic E-state index is 0.0488. The number of rotatable bonds is 5. The first-order valence-corrected chi connectivity index (χ1v) is 9.90. The van der Waals surface area contributed by atoms with Crippen LogP contribution in [0.4, 0.5) is 20.4 Å². The number of anilines is 2. The largest absolute Gasteiger partial charge is 0.343 e. The van der Waals surface area contributed by atoms with E-state index in [1.807, 2.05) is 0 Å². The Labute approximate surface area is 186 Å². The molecule has 4 rings (SSSR count). The Morgan fingerprint density at radius 3 is 2.42 bits per heavy atom. The molecular weight excluding hydrogens is 432 g/mol. The summed E-state index contributed by atoms with van der Waals surface area (Å²) in [6.07, 6.45) is 0. The Kier molecular flexibility index (Phi) is 5.50. The second kappa shape index (κ2) is 8.30. The van der Waals surface area contributed by atoms with Gasteiger partial charge in [-0.25, -0.2) is 13.8 Å². The summed E-state index contributed by atoms with van der Waals surface area (Å²) >= 11 is 0. The number of halogens is 2. The van der Waals surface area contributed by atoms with Gasteiger partial charge >= 0.3 is 0 Å². The van der Waals surface area contributed by atoms with Gasteiger partial charge in [0, 0.05) is 24.5 Å². The summed E-state index contributed by atoms with van der Waals surface area (Å²) in [5.41, 5.74) is 2.23. The highest BCUT2D eigenvalue weighted by Gasteiger charge is 2.29. The predicted molar refractivity (Wildman–Crippen MR) is 118 cm³/mol. The van der Waals surface area contributed by atoms with Crippen molar-refractivity contribution < 1.29 is 23.2 Å². The number of aromatic nitrogens is 3. The molecule has 33 heavy (non-hydrogen) atoms. The Morgan fingerprint density at radius 1 is 1.00 bits per heavy atom. The van der Waals surface area contributed by atoms with E-state index in [1.54, 1.807) is 38.2 Å². The Bertz CT molecular complexity index is 1400. The van der Waals surface area contributed by atoms with E-state index in [4.69, 9.17) is 0 Å². The lowest BCUT2D eigenvalue weighted by molar-refractivity contribution is -0.112. The number of benzene rings is 2. The molecule has 0 radical (unpaired) electrons. The van der Waals surface area contributed by atoms with Crippen molar-refractivity contribution in [1.82, 2.24) is 14.5 Å². The van der Waals surface area contributed by atoms with Crippen LogP contribution in [-0.2, 0) is 11.8 Å². The molecule has 2 heterocycles. The van der Waals surface area contributed by atoms with Crippen LogP contribution in [0.25, 0.3) is 11.0 Å². The minimum Gasteiger partial charge on any atom is -0.343 e. The molecule has 2 aromatic heterocycles. The van der Waals surface area contributed by atoms with E-state index < -0.39 is 29.2 Å². The summed E-state index contributed by atoms with van der Waals surface area (Å²) in [5, 5.41) is 4.93. The number of hydrogen-bond acceptors (Lipinski definition) is 4. The van der Waals surface area contributed by atoms with Gasteiger partial charge in [0.05, 0.1) is 16.6 Å². The van der Waals surface area contributed by atoms with Crippen LogP contribution in [0.3, 0.4) is 0 Å². The second-order valence-corrected chi connectivity index (χ2v) is 7.46. The Hall–Kier alpha value is -4.34. The number of hydrogen-bond donors (Lipinski definition) is 3. The fraction of sp³-hybridized carbons (Fsp3) is 0.130. The first-order chi connectivity index (χ1) is 15.7. The first kappa shape index (κ1) is 21.9. The van der Waals surface area contributed by atoms with Gasteiger partial charge in [-0.3, -0.25) is 19.7 Å². The van der Waals surface area contributed by atoms with Gasteiger partial charge in [0.15, 0.2) is 11.6 Å². The normalized spacial score (nSPS) is 10.9. The molecule has 0 bridgehead atoms. The number of Topliss-reactive ketones (excluding diaryl/α,β-unsaturated/α-hetero) is 1. The quantitative estimate of drug-likeness (QED) is 0.316. The fourth-order valence-corrected chi connectivity index (χ4v) is 3.69. The molecule has 0 fully saturated rings. The number of nitrogens with zero attached hydrogens (tertiary/aromatic N) is 2. The number of nitrogens with one attached hydrogen (secondary N) is 3. The summed E-state index contributed by atoms with van der Waals surface area (Å²) in [5.74, 6) is -4.42. The number of carbonyl (C=O) groups is 3. The Balaban J connectivity index is 1.59. The van der Waals surface area contributed by atoms with Crippen molar-refractivity contribution in [3.63, 3.8) is 0 Å². The molecule has 0 unspecified atom stereocenters. The summed E-state index contributed by atoms with van der Waals surface area (Å²) < 4.78 is 28.1. The van der Waals surface area contributed by atoms with Crippen LogP contribution < -0.4 is 10.6 Å². The number of fused-ring (bicyclic) bond motifs is 1. The Morgan fingerprint density at radius 2 is 1.73 bits per heavy atom. The van der Waals surface area contributed by atoms with Crippen molar-refractivity contribution in [3.05, 3.63) is 76.6 Å². The van der Waals surface area contributed by atoms with E-state index in [0.29, 0.717) is 16.7 Å². The van der Waals surface area contributed by atoms with Gasteiger partial charge in [0.1, 0.15) is 5.69 Å². The maximum Gasteiger partial charge on any atom is 0.299 e. The van der Waals surface area contributed by atoms with Crippen LogP contribution in [0.1, 0.15) is 32.1 Å². The standard InChI is InChI=1S/C23H19F2N5O3/c1-11-18(20(31)22(33)29-23-27-16-6-4-5-7-17(16)28-23)12(2)30(3)19(11)21(32)26-13-8-9-14(24)15(25)10-13/h4-10H,1-3H3,(H,26,32)(H2,27,28,29,33). The molecule has 2 amide bonds. The highest BCUT2D eigenvalue weighted by Crippen LogP contribution is 2.24. The number of amides is 2. The first-order valence-electron chi connectivity index (χ1n) is 9.90. The zero-order valence-corrected chi connectivity index (χ0v) is 17.9. The molecule has 0 spiro atoms. The lowest BCUT2D eigenvalue weighted by Gasteiger charge is -2.08. The van der Waals surface area contributed by atoms with Crippen molar-refractivity contribution in [2.24, 2.45) is 7.05 Å². The molecule has 0 aliphatic carbocycles. The maximum atomic E-state index is 13.5. The molecule has 0 saturated carbocycles. The van der Waals surface area contributed by atoms with E-state index in [9.17, 15) is 23.2 Å². The molecule has 0 aliphatic heterocycles. The van der Waals surface area contributed by atoms with Gasteiger partial charge in [-0.05, 0) is 43.7 Å². The number of ketones is 1. The van der Waals surface area contributed by atoms with Crippen LogP contribution in [0.5, 0.6) is 0 Å². The molecule has 0 aliphatic rings. The highest BCUT2D eigenvalue weighted by atomic mass is 19.2. The molecule has 168 valence electrons. The van der Waals surface area contributed by atoms with Gasteiger partial charge < -0.3 is 14.9 Å². The molecular formula is C23H19F2N5O3. The van der Waals surface area contributed by atoms with E-state index >= 15 is 0 Å². The van der Waals surface area contributed by atoms with Crippen molar-refractivity contribution in [2.45, 2.75) is 13.8 Å². The summed E-state index contributed by atoms with van der Waals surface area (Å²) in [6.45, 7) is 3.14. The number of aromatic amines is 1. The molecule has 3 N–H and O–H groups in total. The van der Waals surface area contributed by atoms with E-state index in [0.717, 1.165) is 12.1 Å². The monoisotopic (exact) mass is 451 g/mol. The van der Waals surface area contributed by atoms with Gasteiger partial charge in [-0.2, -0.15) is 0 Å². The third-order valence-corrected chi connectivity index (χ3v) is 5.38. The number of imidazole rings is 1. The highest BCUT2D eigenvalue weighted by molar-refractivity contribution is 6.47. The van der Waals surface area contributed by atoms with Gasteiger partial charge in [0.25, 0.3) is 17.6 Å².